The fraction of sp³-hybridized carbons (Fsp3) is 0.125. The van der Waals surface area contributed by atoms with E-state index in [4.69, 9.17) is 9.47 Å². The lowest BCUT2D eigenvalue weighted by atomic mass is 10.2. The van der Waals surface area contributed by atoms with Gasteiger partial charge in [0.2, 0.25) is 12.7 Å². The van der Waals surface area contributed by atoms with Crippen molar-refractivity contribution in [3.8, 4) is 28.6 Å². The van der Waals surface area contributed by atoms with E-state index < -0.39 is 5.82 Å². The van der Waals surface area contributed by atoms with Crippen molar-refractivity contribution in [2.45, 2.75) is 12.1 Å². The Hall–Kier alpha value is -3.85. The minimum atomic E-state index is -0.393. The minimum Gasteiger partial charge on any atom is -0.454 e. The Morgan fingerprint density at radius 3 is 2.67 bits per heavy atom. The van der Waals surface area contributed by atoms with E-state index in [1.807, 2.05) is 31.2 Å². The zero-order chi connectivity index (χ0) is 22.8. The summed E-state index contributed by atoms with van der Waals surface area (Å²) in [5, 5.41) is 11.8. The van der Waals surface area contributed by atoms with Gasteiger partial charge in [-0.05, 0) is 43.3 Å². The molecule has 0 fully saturated rings. The number of amides is 1. The Bertz CT molecular complexity index is 1320. The molecule has 7 nitrogen and oxygen atoms in total. The van der Waals surface area contributed by atoms with Crippen LogP contribution in [0.15, 0.2) is 71.9 Å². The molecule has 3 aromatic carbocycles. The summed E-state index contributed by atoms with van der Waals surface area (Å²) in [6.07, 6.45) is 0. The third kappa shape index (κ3) is 4.40. The van der Waals surface area contributed by atoms with Crippen molar-refractivity contribution >= 4 is 23.4 Å². The first-order chi connectivity index (χ1) is 16.1. The second kappa shape index (κ2) is 8.95. The first-order valence-electron chi connectivity index (χ1n) is 10.2. The van der Waals surface area contributed by atoms with Crippen LogP contribution in [-0.4, -0.2) is 33.2 Å². The van der Waals surface area contributed by atoms with Crippen LogP contribution in [0, 0.1) is 12.7 Å². The maximum atomic E-state index is 14.5. The van der Waals surface area contributed by atoms with Crippen LogP contribution < -0.4 is 14.8 Å². The zero-order valence-corrected chi connectivity index (χ0v) is 18.4. The molecule has 1 N–H and O–H groups in total. The molecular weight excluding hydrogens is 443 g/mol. The Morgan fingerprint density at radius 2 is 1.85 bits per heavy atom. The van der Waals surface area contributed by atoms with Crippen LogP contribution in [0.1, 0.15) is 5.56 Å². The van der Waals surface area contributed by atoms with Crippen LogP contribution >= 0.6 is 11.8 Å². The van der Waals surface area contributed by atoms with Gasteiger partial charge in [0.15, 0.2) is 22.5 Å². The molecule has 1 aliphatic heterocycles. The number of nitrogens with one attached hydrogen (secondary N) is 1. The second-order valence-corrected chi connectivity index (χ2v) is 8.30. The predicted octanol–water partition coefficient (Wildman–Crippen LogP) is 4.84. The van der Waals surface area contributed by atoms with Crippen molar-refractivity contribution in [3.05, 3.63) is 78.1 Å². The quantitative estimate of drug-likeness (QED) is 0.413. The van der Waals surface area contributed by atoms with Crippen LogP contribution in [0.25, 0.3) is 17.1 Å². The fourth-order valence-electron chi connectivity index (χ4n) is 3.41. The summed E-state index contributed by atoms with van der Waals surface area (Å²) in [5.74, 6) is 1.09. The standard InChI is InChI=1S/C24H19FN4O3S/c1-15-6-9-17(10-7-15)29-23(18-4-2-3-5-19(18)25)27-28-24(29)33-13-22(30)26-16-8-11-20-21(12-16)32-14-31-20/h2-12H,13-14H2,1H3,(H,26,30). The van der Waals surface area contributed by atoms with E-state index in [1.54, 1.807) is 41.0 Å². The molecule has 1 aliphatic rings. The number of fused-ring (bicyclic) bond motifs is 1. The summed E-state index contributed by atoms with van der Waals surface area (Å²) in [5.41, 5.74) is 2.82. The maximum absolute atomic E-state index is 14.5. The Balaban J connectivity index is 1.39. The molecule has 0 aliphatic carbocycles. The van der Waals surface area contributed by atoms with E-state index in [0.29, 0.717) is 33.7 Å². The maximum Gasteiger partial charge on any atom is 0.234 e. The molecule has 0 unspecified atom stereocenters. The topological polar surface area (TPSA) is 78.3 Å². The summed E-state index contributed by atoms with van der Waals surface area (Å²) in [6, 6.07) is 19.4. The van der Waals surface area contributed by atoms with Gasteiger partial charge in [0.05, 0.1) is 11.3 Å². The monoisotopic (exact) mass is 462 g/mol. The third-order valence-electron chi connectivity index (χ3n) is 5.03. The molecule has 0 saturated carbocycles. The number of halogens is 1. The molecule has 2 heterocycles. The van der Waals surface area contributed by atoms with Crippen molar-refractivity contribution in [3.63, 3.8) is 0 Å². The molecule has 5 rings (SSSR count). The predicted molar refractivity (Wildman–Crippen MR) is 123 cm³/mol. The van der Waals surface area contributed by atoms with Crippen molar-refractivity contribution in [1.29, 1.82) is 0 Å². The van der Waals surface area contributed by atoms with Gasteiger partial charge in [-0.25, -0.2) is 4.39 Å². The zero-order valence-electron chi connectivity index (χ0n) is 17.6. The largest absolute Gasteiger partial charge is 0.454 e. The van der Waals surface area contributed by atoms with E-state index in [1.165, 1.54) is 17.8 Å². The van der Waals surface area contributed by atoms with Crippen LogP contribution in [0.5, 0.6) is 11.5 Å². The molecule has 9 heteroatoms. The van der Waals surface area contributed by atoms with Crippen LogP contribution in [0.3, 0.4) is 0 Å². The van der Waals surface area contributed by atoms with Crippen molar-refractivity contribution < 1.29 is 18.7 Å². The molecule has 33 heavy (non-hydrogen) atoms. The van der Waals surface area contributed by atoms with Crippen molar-refractivity contribution in [2.75, 3.05) is 17.9 Å². The number of ether oxygens (including phenoxy) is 2. The number of nitrogens with zero attached hydrogens (tertiary/aromatic N) is 3. The van der Waals surface area contributed by atoms with Gasteiger partial charge < -0.3 is 14.8 Å². The molecular formula is C24H19FN4O3S. The Labute approximate surface area is 193 Å². The smallest absolute Gasteiger partial charge is 0.234 e. The lowest BCUT2D eigenvalue weighted by Gasteiger charge is -2.11. The number of hydrogen-bond acceptors (Lipinski definition) is 6. The number of aryl methyl sites for hydroxylation is 1. The van der Waals surface area contributed by atoms with Crippen molar-refractivity contribution in [2.24, 2.45) is 0 Å². The molecule has 0 saturated heterocycles. The third-order valence-corrected chi connectivity index (χ3v) is 5.96. The Kier molecular flexibility index (Phi) is 5.70. The van der Waals surface area contributed by atoms with Gasteiger partial charge >= 0.3 is 0 Å². The molecule has 4 aromatic rings. The van der Waals surface area contributed by atoms with Gasteiger partial charge in [0, 0.05) is 17.4 Å². The molecule has 166 valence electrons. The number of anilines is 1. The van der Waals surface area contributed by atoms with Crippen molar-refractivity contribution in [1.82, 2.24) is 14.8 Å². The average Bonchev–Trinajstić information content (AvgIpc) is 3.45. The highest BCUT2D eigenvalue weighted by molar-refractivity contribution is 7.99. The number of aromatic nitrogens is 3. The van der Waals surface area contributed by atoms with Gasteiger partial charge in [-0.3, -0.25) is 9.36 Å². The highest BCUT2D eigenvalue weighted by Crippen LogP contribution is 2.34. The molecule has 0 bridgehead atoms. The summed E-state index contributed by atoms with van der Waals surface area (Å²) in [6.45, 7) is 2.16. The SMILES string of the molecule is Cc1ccc(-n2c(SCC(=O)Nc3ccc4c(c3)OCO4)nnc2-c2ccccc2F)cc1. The normalized spacial score (nSPS) is 12.1. The van der Waals surface area contributed by atoms with Gasteiger partial charge in [0.25, 0.3) is 0 Å². The van der Waals surface area contributed by atoms with Gasteiger partial charge in [-0.1, -0.05) is 41.6 Å². The summed E-state index contributed by atoms with van der Waals surface area (Å²) in [4.78, 5) is 12.6. The summed E-state index contributed by atoms with van der Waals surface area (Å²) < 4.78 is 26.9. The van der Waals surface area contributed by atoms with Gasteiger partial charge in [-0.15, -0.1) is 10.2 Å². The number of rotatable bonds is 6. The Morgan fingerprint density at radius 1 is 1.06 bits per heavy atom. The number of carbonyl (C=O) groups excluding carboxylic acids is 1. The summed E-state index contributed by atoms with van der Waals surface area (Å²) in [7, 11) is 0. The van der Waals surface area contributed by atoms with E-state index in [-0.39, 0.29) is 18.5 Å². The van der Waals surface area contributed by atoms with Crippen LogP contribution in [0.2, 0.25) is 0 Å². The van der Waals surface area contributed by atoms with Gasteiger partial charge in [0.1, 0.15) is 5.82 Å². The van der Waals surface area contributed by atoms with E-state index >= 15 is 0 Å². The molecule has 0 radical (unpaired) electrons. The number of hydrogen-bond donors (Lipinski definition) is 1. The van der Waals surface area contributed by atoms with Crippen LogP contribution in [-0.2, 0) is 4.79 Å². The number of thioether (sulfide) groups is 1. The minimum absolute atomic E-state index is 0.0930. The fourth-order valence-corrected chi connectivity index (χ4v) is 4.16. The second-order valence-electron chi connectivity index (χ2n) is 7.36. The summed E-state index contributed by atoms with van der Waals surface area (Å²) >= 11 is 1.22. The van der Waals surface area contributed by atoms with E-state index in [9.17, 15) is 9.18 Å². The first-order valence-corrected chi connectivity index (χ1v) is 11.2. The molecule has 0 atom stereocenters. The number of carbonyl (C=O) groups is 1. The lowest BCUT2D eigenvalue weighted by molar-refractivity contribution is -0.113. The number of benzene rings is 3. The highest BCUT2D eigenvalue weighted by atomic mass is 32.2. The molecule has 0 spiro atoms. The molecule has 1 aromatic heterocycles. The van der Waals surface area contributed by atoms with E-state index in [2.05, 4.69) is 15.5 Å². The van der Waals surface area contributed by atoms with Gasteiger partial charge in [-0.2, -0.15) is 0 Å². The lowest BCUT2D eigenvalue weighted by Crippen LogP contribution is -2.14. The highest BCUT2D eigenvalue weighted by Gasteiger charge is 2.20. The molecule has 1 amide bonds. The van der Waals surface area contributed by atoms with Crippen LogP contribution in [0.4, 0.5) is 10.1 Å². The first kappa shape index (κ1) is 21.0. The van der Waals surface area contributed by atoms with E-state index in [0.717, 1.165) is 11.3 Å². The average molecular weight is 463 g/mol.